The van der Waals surface area contributed by atoms with Crippen molar-refractivity contribution in [3.05, 3.63) is 59.2 Å². The fourth-order valence-electron chi connectivity index (χ4n) is 1.80. The van der Waals surface area contributed by atoms with Crippen LogP contribution in [0.15, 0.2) is 36.4 Å². The van der Waals surface area contributed by atoms with Crippen LogP contribution in [-0.2, 0) is 6.54 Å². The molecule has 0 bridgehead atoms. The van der Waals surface area contributed by atoms with Gasteiger partial charge in [-0.1, -0.05) is 12.1 Å². The van der Waals surface area contributed by atoms with Crippen molar-refractivity contribution in [3.8, 4) is 11.8 Å². The van der Waals surface area contributed by atoms with E-state index in [0.717, 1.165) is 5.56 Å². The van der Waals surface area contributed by atoms with Gasteiger partial charge in [0.1, 0.15) is 29.1 Å². The Morgan fingerprint density at radius 2 is 1.90 bits per heavy atom. The van der Waals surface area contributed by atoms with E-state index in [9.17, 15) is 8.78 Å². The van der Waals surface area contributed by atoms with Gasteiger partial charge in [0, 0.05) is 6.54 Å². The monoisotopic (exact) mass is 274 g/mol. The van der Waals surface area contributed by atoms with E-state index >= 15 is 0 Å². The van der Waals surface area contributed by atoms with Crippen molar-refractivity contribution in [2.75, 3.05) is 12.4 Å². The fraction of sp³-hybridized carbons (Fsp3) is 0.133. The van der Waals surface area contributed by atoms with Crippen LogP contribution in [0.25, 0.3) is 0 Å². The highest BCUT2D eigenvalue weighted by molar-refractivity contribution is 5.49. The molecule has 0 saturated heterocycles. The molecule has 0 aromatic heterocycles. The molecule has 3 nitrogen and oxygen atoms in total. The lowest BCUT2D eigenvalue weighted by atomic mass is 10.1. The summed E-state index contributed by atoms with van der Waals surface area (Å²) in [5.41, 5.74) is 0.993. The predicted octanol–water partition coefficient (Wildman–Crippen LogP) is 3.46. The molecule has 0 amide bonds. The lowest BCUT2D eigenvalue weighted by Crippen LogP contribution is -2.04. The van der Waals surface area contributed by atoms with E-state index in [1.54, 1.807) is 18.2 Å². The summed E-state index contributed by atoms with van der Waals surface area (Å²) in [4.78, 5) is 0. The molecule has 0 aliphatic heterocycles. The van der Waals surface area contributed by atoms with Crippen LogP contribution in [0.4, 0.5) is 14.5 Å². The van der Waals surface area contributed by atoms with Gasteiger partial charge >= 0.3 is 0 Å². The van der Waals surface area contributed by atoms with Crippen LogP contribution < -0.4 is 10.1 Å². The van der Waals surface area contributed by atoms with Crippen molar-refractivity contribution in [2.45, 2.75) is 6.54 Å². The van der Waals surface area contributed by atoms with Crippen LogP contribution in [0, 0.1) is 23.0 Å². The minimum Gasteiger partial charge on any atom is -0.495 e. The van der Waals surface area contributed by atoms with Crippen molar-refractivity contribution in [3.63, 3.8) is 0 Å². The second kappa shape index (κ2) is 6.02. The second-order valence-electron chi connectivity index (χ2n) is 4.10. The molecule has 0 heterocycles. The number of hydrogen-bond donors (Lipinski definition) is 1. The second-order valence-corrected chi connectivity index (χ2v) is 4.10. The molecule has 20 heavy (non-hydrogen) atoms. The Morgan fingerprint density at radius 3 is 2.50 bits per heavy atom. The summed E-state index contributed by atoms with van der Waals surface area (Å²) >= 11 is 0. The normalized spacial score (nSPS) is 9.90. The Balaban J connectivity index is 2.18. The van der Waals surface area contributed by atoms with E-state index in [0.29, 0.717) is 11.3 Å². The third kappa shape index (κ3) is 2.86. The smallest absolute Gasteiger partial charge is 0.149 e. The first-order valence-electron chi connectivity index (χ1n) is 5.90. The summed E-state index contributed by atoms with van der Waals surface area (Å²) in [6.07, 6.45) is 0. The molecule has 5 heteroatoms. The van der Waals surface area contributed by atoms with E-state index in [1.165, 1.54) is 25.3 Å². The molecule has 0 fully saturated rings. The minimum atomic E-state index is -0.648. The van der Waals surface area contributed by atoms with Crippen molar-refractivity contribution >= 4 is 5.69 Å². The number of nitriles is 1. The van der Waals surface area contributed by atoms with Crippen molar-refractivity contribution < 1.29 is 13.5 Å². The number of rotatable bonds is 4. The number of ether oxygens (including phenoxy) is 1. The zero-order chi connectivity index (χ0) is 14.5. The average Bonchev–Trinajstić information content (AvgIpc) is 2.46. The predicted molar refractivity (Wildman–Crippen MR) is 71.4 cm³/mol. The van der Waals surface area contributed by atoms with Crippen LogP contribution in [-0.4, -0.2) is 7.11 Å². The van der Waals surface area contributed by atoms with Crippen LogP contribution in [0.5, 0.6) is 5.75 Å². The number of nitrogens with one attached hydrogen (secondary N) is 1. The number of halogens is 2. The number of methoxy groups -OCH3 is 1. The zero-order valence-corrected chi connectivity index (χ0v) is 10.8. The summed E-state index contributed by atoms with van der Waals surface area (Å²) < 4.78 is 32.0. The summed E-state index contributed by atoms with van der Waals surface area (Å²) in [5, 5.41) is 11.6. The van der Waals surface area contributed by atoms with Gasteiger partial charge < -0.3 is 10.1 Å². The number of benzene rings is 2. The quantitative estimate of drug-likeness (QED) is 0.928. The van der Waals surface area contributed by atoms with E-state index in [1.807, 2.05) is 6.07 Å². The van der Waals surface area contributed by atoms with Gasteiger partial charge in [-0.25, -0.2) is 8.78 Å². The first-order chi connectivity index (χ1) is 9.65. The maximum Gasteiger partial charge on any atom is 0.149 e. The van der Waals surface area contributed by atoms with Crippen LogP contribution >= 0.6 is 0 Å². The number of hydrogen-bond acceptors (Lipinski definition) is 3. The number of para-hydroxylation sites is 1. The van der Waals surface area contributed by atoms with E-state index in [-0.39, 0.29) is 12.2 Å². The topological polar surface area (TPSA) is 45.0 Å². The van der Waals surface area contributed by atoms with Gasteiger partial charge in [-0.3, -0.25) is 0 Å². The maximum atomic E-state index is 13.4. The molecular formula is C15H12F2N2O. The molecule has 0 unspecified atom stereocenters. The fourth-order valence-corrected chi connectivity index (χ4v) is 1.80. The summed E-state index contributed by atoms with van der Waals surface area (Å²) in [7, 11) is 1.46. The maximum absolute atomic E-state index is 13.4. The van der Waals surface area contributed by atoms with Gasteiger partial charge in [-0.2, -0.15) is 5.26 Å². The molecule has 0 atom stereocenters. The van der Waals surface area contributed by atoms with Gasteiger partial charge in [-0.05, 0) is 29.8 Å². The molecule has 0 spiro atoms. The summed E-state index contributed by atoms with van der Waals surface area (Å²) in [5.74, 6) is -0.864. The molecule has 102 valence electrons. The first-order valence-corrected chi connectivity index (χ1v) is 5.90. The Labute approximate surface area is 115 Å². The molecule has 0 aliphatic rings. The molecule has 2 rings (SSSR count). The Morgan fingerprint density at radius 1 is 1.20 bits per heavy atom. The summed E-state index contributed by atoms with van der Waals surface area (Å²) in [6, 6.07) is 10.6. The average molecular weight is 274 g/mol. The molecular weight excluding hydrogens is 262 g/mol. The van der Waals surface area contributed by atoms with Crippen LogP contribution in [0.3, 0.4) is 0 Å². The van der Waals surface area contributed by atoms with Crippen molar-refractivity contribution in [1.82, 2.24) is 0 Å². The Hall–Kier alpha value is -2.61. The highest BCUT2D eigenvalue weighted by Crippen LogP contribution is 2.22. The lowest BCUT2D eigenvalue weighted by Gasteiger charge is -2.10. The summed E-state index contributed by atoms with van der Waals surface area (Å²) in [6.45, 7) is 0.222. The standard InChI is InChI=1S/C15H12F2N2O/c1-20-14-7-10(5-6-11(14)8-18)9-19-15-12(16)3-2-4-13(15)17/h2-7,19H,9H2,1H3. The molecule has 0 aliphatic carbocycles. The molecule has 2 aromatic rings. The molecule has 1 N–H and O–H groups in total. The molecule has 0 radical (unpaired) electrons. The highest BCUT2D eigenvalue weighted by atomic mass is 19.1. The zero-order valence-electron chi connectivity index (χ0n) is 10.8. The van der Waals surface area contributed by atoms with Crippen LogP contribution in [0.1, 0.15) is 11.1 Å². The van der Waals surface area contributed by atoms with Gasteiger partial charge in [-0.15, -0.1) is 0 Å². The largest absolute Gasteiger partial charge is 0.495 e. The van der Waals surface area contributed by atoms with Gasteiger partial charge in [0.25, 0.3) is 0 Å². The molecule has 0 saturated carbocycles. The third-order valence-electron chi connectivity index (χ3n) is 2.82. The van der Waals surface area contributed by atoms with E-state index < -0.39 is 11.6 Å². The number of anilines is 1. The highest BCUT2D eigenvalue weighted by Gasteiger charge is 2.08. The van der Waals surface area contributed by atoms with Gasteiger partial charge in [0.2, 0.25) is 0 Å². The van der Waals surface area contributed by atoms with E-state index in [2.05, 4.69) is 5.32 Å². The van der Waals surface area contributed by atoms with Gasteiger partial charge in [0.05, 0.1) is 12.7 Å². The lowest BCUT2D eigenvalue weighted by molar-refractivity contribution is 0.413. The first kappa shape index (κ1) is 13.8. The molecule has 2 aromatic carbocycles. The van der Waals surface area contributed by atoms with Crippen molar-refractivity contribution in [2.24, 2.45) is 0 Å². The van der Waals surface area contributed by atoms with Crippen LogP contribution in [0.2, 0.25) is 0 Å². The van der Waals surface area contributed by atoms with Gasteiger partial charge in [0.15, 0.2) is 0 Å². The minimum absolute atomic E-state index is 0.171. The Bertz CT molecular complexity index is 645. The Kier molecular flexibility index (Phi) is 4.16. The van der Waals surface area contributed by atoms with Crippen molar-refractivity contribution in [1.29, 1.82) is 5.26 Å². The number of nitrogens with zero attached hydrogens (tertiary/aromatic N) is 1. The third-order valence-corrected chi connectivity index (χ3v) is 2.82. The SMILES string of the molecule is COc1cc(CNc2c(F)cccc2F)ccc1C#N. The van der Waals surface area contributed by atoms with E-state index in [4.69, 9.17) is 10.00 Å².